The summed E-state index contributed by atoms with van der Waals surface area (Å²) >= 11 is 5.69. The first-order valence-electron chi connectivity index (χ1n) is 5.25. The Bertz CT molecular complexity index is 279. The lowest BCUT2D eigenvalue weighted by atomic mass is 10.2. The standard InChI is InChI=1S/C13H17ClO/c1-2-3-4-5-10-15-13-8-6-12(11-14)7-9-13/h2,6-9H,1,3-5,10-11H2. The van der Waals surface area contributed by atoms with Gasteiger partial charge in [0.25, 0.3) is 0 Å². The highest BCUT2D eigenvalue weighted by Gasteiger charge is 1.94. The van der Waals surface area contributed by atoms with Crippen molar-refractivity contribution < 1.29 is 4.74 Å². The Morgan fingerprint density at radius 2 is 1.93 bits per heavy atom. The van der Waals surface area contributed by atoms with Gasteiger partial charge >= 0.3 is 0 Å². The predicted molar refractivity (Wildman–Crippen MR) is 65.5 cm³/mol. The number of benzene rings is 1. The van der Waals surface area contributed by atoms with Gasteiger partial charge < -0.3 is 4.74 Å². The van der Waals surface area contributed by atoms with Gasteiger partial charge in [-0.25, -0.2) is 0 Å². The van der Waals surface area contributed by atoms with Crippen LogP contribution in [0.25, 0.3) is 0 Å². The summed E-state index contributed by atoms with van der Waals surface area (Å²) in [5, 5.41) is 0. The number of unbranched alkanes of at least 4 members (excludes halogenated alkanes) is 2. The van der Waals surface area contributed by atoms with Crippen LogP contribution in [0.3, 0.4) is 0 Å². The summed E-state index contributed by atoms with van der Waals surface area (Å²) in [7, 11) is 0. The van der Waals surface area contributed by atoms with E-state index in [1.54, 1.807) is 0 Å². The van der Waals surface area contributed by atoms with Gasteiger partial charge in [-0.2, -0.15) is 0 Å². The van der Waals surface area contributed by atoms with Crippen LogP contribution in [-0.2, 0) is 5.88 Å². The van der Waals surface area contributed by atoms with E-state index in [1.807, 2.05) is 30.3 Å². The second-order valence-corrected chi connectivity index (χ2v) is 3.68. The molecule has 1 rings (SSSR count). The van der Waals surface area contributed by atoms with Crippen LogP contribution >= 0.6 is 11.6 Å². The number of rotatable bonds is 7. The molecule has 0 amide bonds. The van der Waals surface area contributed by atoms with Crippen LogP contribution in [0.2, 0.25) is 0 Å². The fraction of sp³-hybridized carbons (Fsp3) is 0.385. The number of ether oxygens (including phenoxy) is 1. The minimum absolute atomic E-state index is 0.555. The lowest BCUT2D eigenvalue weighted by molar-refractivity contribution is 0.307. The largest absolute Gasteiger partial charge is 0.494 e. The molecule has 0 bridgehead atoms. The fourth-order valence-corrected chi connectivity index (χ4v) is 1.43. The molecule has 0 spiro atoms. The lowest BCUT2D eigenvalue weighted by Gasteiger charge is -2.05. The zero-order valence-corrected chi connectivity index (χ0v) is 9.67. The molecule has 1 aromatic carbocycles. The van der Waals surface area contributed by atoms with E-state index in [4.69, 9.17) is 16.3 Å². The summed E-state index contributed by atoms with van der Waals surface area (Å²) in [6.07, 6.45) is 5.22. The highest BCUT2D eigenvalue weighted by molar-refractivity contribution is 6.17. The number of hydrogen-bond acceptors (Lipinski definition) is 1. The van der Waals surface area contributed by atoms with E-state index in [-0.39, 0.29) is 0 Å². The summed E-state index contributed by atoms with van der Waals surface area (Å²) < 4.78 is 5.57. The second kappa shape index (κ2) is 7.36. The molecule has 0 atom stereocenters. The van der Waals surface area contributed by atoms with Gasteiger partial charge in [-0.3, -0.25) is 0 Å². The Hall–Kier alpha value is -0.950. The molecule has 2 heteroatoms. The average Bonchev–Trinajstić information content (AvgIpc) is 2.30. The van der Waals surface area contributed by atoms with Gasteiger partial charge in [-0.05, 0) is 37.0 Å². The van der Waals surface area contributed by atoms with Crippen LogP contribution in [-0.4, -0.2) is 6.61 Å². The molecule has 0 heterocycles. The third kappa shape index (κ3) is 4.89. The van der Waals surface area contributed by atoms with E-state index in [0.717, 1.165) is 37.2 Å². The maximum atomic E-state index is 5.69. The lowest BCUT2D eigenvalue weighted by Crippen LogP contribution is -1.96. The summed E-state index contributed by atoms with van der Waals surface area (Å²) in [6, 6.07) is 7.91. The van der Waals surface area contributed by atoms with Crippen molar-refractivity contribution in [2.45, 2.75) is 25.1 Å². The Labute approximate surface area is 96.7 Å². The first-order valence-corrected chi connectivity index (χ1v) is 5.79. The summed E-state index contributed by atoms with van der Waals surface area (Å²) in [4.78, 5) is 0. The number of allylic oxidation sites excluding steroid dienone is 1. The van der Waals surface area contributed by atoms with E-state index in [9.17, 15) is 0 Å². The fourth-order valence-electron chi connectivity index (χ4n) is 1.26. The molecule has 0 fully saturated rings. The van der Waals surface area contributed by atoms with E-state index < -0.39 is 0 Å². The van der Waals surface area contributed by atoms with Crippen LogP contribution in [0, 0.1) is 0 Å². The molecule has 0 aliphatic rings. The van der Waals surface area contributed by atoms with Crippen LogP contribution in [0.15, 0.2) is 36.9 Å². The monoisotopic (exact) mass is 224 g/mol. The molecule has 1 aromatic rings. The van der Waals surface area contributed by atoms with Gasteiger partial charge in [0.15, 0.2) is 0 Å². The smallest absolute Gasteiger partial charge is 0.119 e. The Morgan fingerprint density at radius 1 is 1.20 bits per heavy atom. The minimum Gasteiger partial charge on any atom is -0.494 e. The average molecular weight is 225 g/mol. The zero-order valence-electron chi connectivity index (χ0n) is 8.92. The molecule has 0 aromatic heterocycles. The molecule has 0 saturated carbocycles. The quantitative estimate of drug-likeness (QED) is 0.384. The molecule has 0 saturated heterocycles. The van der Waals surface area contributed by atoms with Crippen molar-refractivity contribution in [2.75, 3.05) is 6.61 Å². The number of alkyl halides is 1. The van der Waals surface area contributed by atoms with E-state index in [0.29, 0.717) is 5.88 Å². The first kappa shape index (κ1) is 12.1. The molecule has 1 nitrogen and oxygen atoms in total. The molecule has 0 unspecified atom stereocenters. The van der Waals surface area contributed by atoms with Crippen molar-refractivity contribution in [1.82, 2.24) is 0 Å². The molecule has 0 N–H and O–H groups in total. The van der Waals surface area contributed by atoms with Gasteiger partial charge in [0.05, 0.1) is 6.61 Å². The normalized spacial score (nSPS) is 9.93. The highest BCUT2D eigenvalue weighted by atomic mass is 35.5. The maximum Gasteiger partial charge on any atom is 0.119 e. The SMILES string of the molecule is C=CCCCCOc1ccc(CCl)cc1. The maximum absolute atomic E-state index is 5.69. The van der Waals surface area contributed by atoms with Gasteiger partial charge in [-0.15, -0.1) is 18.2 Å². The van der Waals surface area contributed by atoms with Crippen molar-refractivity contribution in [3.8, 4) is 5.75 Å². The van der Waals surface area contributed by atoms with E-state index >= 15 is 0 Å². The van der Waals surface area contributed by atoms with Crippen molar-refractivity contribution >= 4 is 11.6 Å². The predicted octanol–water partition coefficient (Wildman–Crippen LogP) is 4.16. The Morgan fingerprint density at radius 3 is 2.53 bits per heavy atom. The van der Waals surface area contributed by atoms with Crippen molar-refractivity contribution in [3.05, 3.63) is 42.5 Å². The van der Waals surface area contributed by atoms with Gasteiger partial charge in [0, 0.05) is 5.88 Å². The molecule has 0 aliphatic carbocycles. The molecule has 15 heavy (non-hydrogen) atoms. The molecular weight excluding hydrogens is 208 g/mol. The highest BCUT2D eigenvalue weighted by Crippen LogP contribution is 2.13. The summed E-state index contributed by atoms with van der Waals surface area (Å²) in [6.45, 7) is 4.45. The van der Waals surface area contributed by atoms with E-state index in [2.05, 4.69) is 6.58 Å². The Kier molecular flexibility index (Phi) is 5.94. The molecular formula is C13H17ClO. The summed E-state index contributed by atoms with van der Waals surface area (Å²) in [5.74, 6) is 1.47. The van der Waals surface area contributed by atoms with Crippen molar-refractivity contribution in [2.24, 2.45) is 0 Å². The molecule has 82 valence electrons. The third-order valence-electron chi connectivity index (χ3n) is 2.15. The van der Waals surface area contributed by atoms with Crippen LogP contribution in [0.1, 0.15) is 24.8 Å². The van der Waals surface area contributed by atoms with Crippen LogP contribution in [0.4, 0.5) is 0 Å². The number of halogens is 1. The minimum atomic E-state index is 0.555. The van der Waals surface area contributed by atoms with Gasteiger partial charge in [-0.1, -0.05) is 18.2 Å². The van der Waals surface area contributed by atoms with E-state index in [1.165, 1.54) is 0 Å². The number of hydrogen-bond donors (Lipinski definition) is 0. The zero-order chi connectivity index (χ0) is 10.9. The van der Waals surface area contributed by atoms with Crippen molar-refractivity contribution in [3.63, 3.8) is 0 Å². The molecule has 0 aliphatic heterocycles. The summed E-state index contributed by atoms with van der Waals surface area (Å²) in [5.41, 5.74) is 1.12. The van der Waals surface area contributed by atoms with Gasteiger partial charge in [0.2, 0.25) is 0 Å². The van der Waals surface area contributed by atoms with Gasteiger partial charge in [0.1, 0.15) is 5.75 Å². The van der Waals surface area contributed by atoms with Crippen LogP contribution < -0.4 is 4.74 Å². The third-order valence-corrected chi connectivity index (χ3v) is 2.46. The van der Waals surface area contributed by atoms with Crippen LogP contribution in [0.5, 0.6) is 5.75 Å². The Balaban J connectivity index is 2.22. The molecule has 0 radical (unpaired) electrons. The topological polar surface area (TPSA) is 9.23 Å². The first-order chi connectivity index (χ1) is 7.36. The van der Waals surface area contributed by atoms with Crippen molar-refractivity contribution in [1.29, 1.82) is 0 Å². The second-order valence-electron chi connectivity index (χ2n) is 3.41.